The summed E-state index contributed by atoms with van der Waals surface area (Å²) in [6.45, 7) is 6.98. The van der Waals surface area contributed by atoms with E-state index < -0.39 is 42.6 Å². The van der Waals surface area contributed by atoms with Gasteiger partial charge in [-0.3, -0.25) is 9.59 Å². The third-order valence-electron chi connectivity index (χ3n) is 4.56. The first kappa shape index (κ1) is 27.1. The summed E-state index contributed by atoms with van der Waals surface area (Å²) >= 11 is 0. The van der Waals surface area contributed by atoms with Crippen LogP contribution in [0, 0.1) is 11.8 Å². The molecule has 32 heavy (non-hydrogen) atoms. The lowest BCUT2D eigenvalue weighted by molar-refractivity contribution is -0.132. The molecule has 0 spiro atoms. The van der Waals surface area contributed by atoms with Gasteiger partial charge in [0.15, 0.2) is 0 Å². The summed E-state index contributed by atoms with van der Waals surface area (Å²) in [5.41, 5.74) is 0.802. The molecule has 0 aromatic heterocycles. The zero-order chi connectivity index (χ0) is 24.1. The van der Waals surface area contributed by atoms with Crippen molar-refractivity contribution in [3.63, 3.8) is 0 Å². The number of alkyl carbamates (subject to hydrolysis) is 1. The van der Waals surface area contributed by atoms with Gasteiger partial charge in [0, 0.05) is 0 Å². The Kier molecular flexibility index (Phi) is 12.0. The molecular formula is C23H35N3O6. The molecule has 0 aliphatic rings. The molecule has 0 heterocycles. The molecular weight excluding hydrogens is 414 g/mol. The van der Waals surface area contributed by atoms with Crippen LogP contribution < -0.4 is 16.0 Å². The lowest BCUT2D eigenvalue weighted by Gasteiger charge is -2.24. The third kappa shape index (κ3) is 10.4. The smallest absolute Gasteiger partial charge is 0.408 e. The second-order valence-corrected chi connectivity index (χ2v) is 8.51. The minimum absolute atomic E-state index is 0.0489. The summed E-state index contributed by atoms with van der Waals surface area (Å²) in [4.78, 5) is 48.6. The van der Waals surface area contributed by atoms with Crippen LogP contribution in [0.25, 0.3) is 0 Å². The number of rotatable bonds is 13. The van der Waals surface area contributed by atoms with Crippen molar-refractivity contribution in [2.45, 2.75) is 65.3 Å². The Morgan fingerprint density at radius 2 is 1.50 bits per heavy atom. The van der Waals surface area contributed by atoms with E-state index in [1.807, 2.05) is 58.0 Å². The molecule has 3 atom stereocenters. The lowest BCUT2D eigenvalue weighted by atomic mass is 10.0. The van der Waals surface area contributed by atoms with Crippen LogP contribution >= 0.6 is 0 Å². The fraction of sp³-hybridized carbons (Fsp3) is 0.565. The normalized spacial score (nSPS) is 13.7. The van der Waals surface area contributed by atoms with Crippen molar-refractivity contribution in [3.05, 3.63) is 35.9 Å². The number of aldehydes is 1. The van der Waals surface area contributed by atoms with Gasteiger partial charge in [-0.1, -0.05) is 58.0 Å². The summed E-state index contributed by atoms with van der Waals surface area (Å²) in [6.07, 6.45) is 0.597. The summed E-state index contributed by atoms with van der Waals surface area (Å²) < 4.78 is 5.18. The van der Waals surface area contributed by atoms with E-state index >= 15 is 0 Å². The van der Waals surface area contributed by atoms with Crippen LogP contribution in [0.15, 0.2) is 30.3 Å². The largest absolute Gasteiger partial charge is 0.445 e. The molecule has 0 aliphatic heterocycles. The second kappa shape index (κ2) is 14.2. The van der Waals surface area contributed by atoms with Gasteiger partial charge in [0.2, 0.25) is 11.8 Å². The number of carbonyl (C=O) groups excluding carboxylic acids is 4. The monoisotopic (exact) mass is 449 g/mol. The van der Waals surface area contributed by atoms with Gasteiger partial charge in [0.25, 0.3) is 0 Å². The molecule has 3 amide bonds. The van der Waals surface area contributed by atoms with Crippen molar-refractivity contribution in [1.82, 2.24) is 16.0 Å². The topological polar surface area (TPSA) is 134 Å². The van der Waals surface area contributed by atoms with Crippen molar-refractivity contribution in [3.8, 4) is 0 Å². The van der Waals surface area contributed by atoms with Crippen LogP contribution in [-0.2, 0) is 25.7 Å². The predicted molar refractivity (Wildman–Crippen MR) is 119 cm³/mol. The number of hydrogen-bond donors (Lipinski definition) is 4. The highest BCUT2D eigenvalue weighted by molar-refractivity contribution is 5.92. The highest BCUT2D eigenvalue weighted by atomic mass is 16.5. The van der Waals surface area contributed by atoms with Crippen LogP contribution in [0.2, 0.25) is 0 Å². The molecule has 0 saturated heterocycles. The first-order valence-electron chi connectivity index (χ1n) is 10.8. The predicted octanol–water partition coefficient (Wildman–Crippen LogP) is 1.53. The first-order valence-corrected chi connectivity index (χ1v) is 10.8. The number of hydrogen-bond acceptors (Lipinski definition) is 6. The summed E-state index contributed by atoms with van der Waals surface area (Å²) in [7, 11) is 0. The molecule has 1 aromatic carbocycles. The minimum Gasteiger partial charge on any atom is -0.445 e. The number of benzene rings is 1. The summed E-state index contributed by atoms with van der Waals surface area (Å²) in [5, 5.41) is 17.1. The zero-order valence-electron chi connectivity index (χ0n) is 19.2. The summed E-state index contributed by atoms with van der Waals surface area (Å²) in [5.74, 6) is -1.06. The Balaban J connectivity index is 2.72. The van der Waals surface area contributed by atoms with Crippen molar-refractivity contribution in [1.29, 1.82) is 0 Å². The van der Waals surface area contributed by atoms with E-state index in [4.69, 9.17) is 4.74 Å². The van der Waals surface area contributed by atoms with Crippen LogP contribution in [0.5, 0.6) is 0 Å². The average Bonchev–Trinajstić information content (AvgIpc) is 2.74. The van der Waals surface area contributed by atoms with Gasteiger partial charge in [0.05, 0.1) is 12.6 Å². The molecule has 1 rings (SSSR count). The van der Waals surface area contributed by atoms with Gasteiger partial charge < -0.3 is 30.6 Å². The highest BCUT2D eigenvalue weighted by Crippen LogP contribution is 2.08. The molecule has 9 nitrogen and oxygen atoms in total. The van der Waals surface area contributed by atoms with Gasteiger partial charge in [-0.2, -0.15) is 0 Å². The van der Waals surface area contributed by atoms with E-state index in [0.29, 0.717) is 19.1 Å². The number of amides is 3. The number of nitrogens with one attached hydrogen (secondary N) is 3. The van der Waals surface area contributed by atoms with Gasteiger partial charge in [-0.15, -0.1) is 0 Å². The minimum atomic E-state index is -1.26. The van der Waals surface area contributed by atoms with E-state index in [2.05, 4.69) is 16.0 Å². The van der Waals surface area contributed by atoms with Crippen LogP contribution in [-0.4, -0.2) is 54.0 Å². The van der Waals surface area contributed by atoms with E-state index in [1.54, 1.807) is 0 Å². The number of carbonyl (C=O) groups is 4. The molecule has 0 radical (unpaired) electrons. The van der Waals surface area contributed by atoms with Gasteiger partial charge in [-0.25, -0.2) is 4.79 Å². The molecule has 0 bridgehead atoms. The quantitative estimate of drug-likeness (QED) is 0.338. The fourth-order valence-corrected chi connectivity index (χ4v) is 3.02. The number of aliphatic hydroxyl groups is 1. The van der Waals surface area contributed by atoms with Crippen molar-refractivity contribution in [2.24, 2.45) is 11.8 Å². The molecule has 4 N–H and O–H groups in total. The Labute approximate surface area is 189 Å². The van der Waals surface area contributed by atoms with Crippen molar-refractivity contribution >= 4 is 24.2 Å². The maximum Gasteiger partial charge on any atom is 0.408 e. The van der Waals surface area contributed by atoms with Gasteiger partial charge >= 0.3 is 6.09 Å². The number of aliphatic hydroxyl groups excluding tert-OH is 1. The Morgan fingerprint density at radius 3 is 2.03 bits per heavy atom. The van der Waals surface area contributed by atoms with Gasteiger partial charge in [-0.05, 0) is 30.2 Å². The molecule has 0 saturated carbocycles. The molecule has 178 valence electrons. The van der Waals surface area contributed by atoms with E-state index in [9.17, 15) is 24.3 Å². The Bertz CT molecular complexity index is 739. The van der Waals surface area contributed by atoms with E-state index in [0.717, 1.165) is 5.56 Å². The van der Waals surface area contributed by atoms with Crippen LogP contribution in [0.3, 0.4) is 0 Å². The fourth-order valence-electron chi connectivity index (χ4n) is 3.02. The average molecular weight is 450 g/mol. The van der Waals surface area contributed by atoms with E-state index in [1.165, 1.54) is 0 Å². The zero-order valence-corrected chi connectivity index (χ0v) is 19.2. The number of ether oxygens (including phenoxy) is 1. The van der Waals surface area contributed by atoms with Crippen LogP contribution in [0.1, 0.15) is 46.1 Å². The van der Waals surface area contributed by atoms with E-state index in [-0.39, 0.29) is 18.4 Å². The molecule has 9 heteroatoms. The molecule has 0 unspecified atom stereocenters. The third-order valence-corrected chi connectivity index (χ3v) is 4.56. The maximum atomic E-state index is 12.8. The van der Waals surface area contributed by atoms with Gasteiger partial charge in [0.1, 0.15) is 25.0 Å². The molecule has 0 aliphatic carbocycles. The van der Waals surface area contributed by atoms with Crippen molar-refractivity contribution < 1.29 is 29.0 Å². The molecule has 0 fully saturated rings. The van der Waals surface area contributed by atoms with Crippen LogP contribution in [0.4, 0.5) is 4.79 Å². The van der Waals surface area contributed by atoms with Crippen molar-refractivity contribution in [2.75, 3.05) is 6.61 Å². The summed E-state index contributed by atoms with van der Waals surface area (Å²) in [6, 6.07) is 6.17. The standard InChI is InChI=1S/C23H35N3O6/c1-15(2)10-18(12-27)24-22(30)20(13-28)25-21(29)19(11-16(3)4)26-23(31)32-14-17-8-6-5-7-9-17/h5-9,12,15-16,18-20,28H,10-11,13-14H2,1-4H3,(H,24,30)(H,25,29)(H,26,31)/t18-,19-,20-/m0/s1. The SMILES string of the molecule is CC(C)C[C@@H](C=O)NC(=O)[C@H](CO)NC(=O)[C@H](CC(C)C)NC(=O)OCc1ccccc1. The first-order chi connectivity index (χ1) is 15.2. The highest BCUT2D eigenvalue weighted by Gasteiger charge is 2.28. The molecule has 1 aromatic rings. The Hall–Kier alpha value is -2.94. The second-order valence-electron chi connectivity index (χ2n) is 8.51. The Morgan fingerprint density at radius 1 is 0.906 bits per heavy atom. The lowest BCUT2D eigenvalue weighted by Crippen LogP contribution is -2.56. The maximum absolute atomic E-state index is 12.8.